The number of hydrogen-bond acceptors (Lipinski definition) is 5. The summed E-state index contributed by atoms with van der Waals surface area (Å²) >= 11 is 0. The van der Waals surface area contributed by atoms with Crippen molar-refractivity contribution in [3.05, 3.63) is 53.9 Å². The zero-order valence-corrected chi connectivity index (χ0v) is 17.0. The Balaban J connectivity index is 2.23. The number of aromatic nitrogens is 2. The summed E-state index contributed by atoms with van der Waals surface area (Å²) in [6.07, 6.45) is 7.62. The van der Waals surface area contributed by atoms with Crippen LogP contribution in [-0.2, 0) is 16.1 Å². The van der Waals surface area contributed by atoms with E-state index < -0.39 is 0 Å². The predicted molar refractivity (Wildman–Crippen MR) is 113 cm³/mol. The molecule has 1 aromatic carbocycles. The van der Waals surface area contributed by atoms with Gasteiger partial charge in [0.15, 0.2) is 5.78 Å². The molecule has 1 aromatic heterocycles. The van der Waals surface area contributed by atoms with Gasteiger partial charge in [-0.25, -0.2) is 9.97 Å². The highest BCUT2D eigenvalue weighted by Crippen LogP contribution is 2.24. The van der Waals surface area contributed by atoms with E-state index in [-0.39, 0.29) is 17.3 Å². The number of allylic oxidation sites excluding steroid dienone is 3. The number of amides is 1. The second-order valence-corrected chi connectivity index (χ2v) is 6.38. The van der Waals surface area contributed by atoms with Gasteiger partial charge in [-0.3, -0.25) is 9.59 Å². The molecule has 0 atom stereocenters. The second kappa shape index (κ2) is 10.3. The molecule has 1 heterocycles. The maximum Gasteiger partial charge on any atom is 0.255 e. The number of hydrogen-bond donors (Lipinski definition) is 1. The SMILES string of the molecule is CC/C=C\C=C(/C(C)=O)C(=O)NCc1ccc2ncnc(N(CC)CC)c2c1. The van der Waals surface area contributed by atoms with Crippen LogP contribution in [0.1, 0.15) is 39.7 Å². The number of ketones is 1. The van der Waals surface area contributed by atoms with Crippen LogP contribution in [0.15, 0.2) is 48.3 Å². The molecule has 1 amide bonds. The van der Waals surface area contributed by atoms with E-state index in [9.17, 15) is 9.59 Å². The second-order valence-electron chi connectivity index (χ2n) is 6.38. The molecule has 0 unspecified atom stereocenters. The Morgan fingerprint density at radius 1 is 1.14 bits per heavy atom. The van der Waals surface area contributed by atoms with E-state index in [1.807, 2.05) is 31.2 Å². The lowest BCUT2D eigenvalue weighted by molar-refractivity contribution is -0.121. The van der Waals surface area contributed by atoms with Crippen LogP contribution in [-0.4, -0.2) is 34.7 Å². The number of anilines is 1. The fourth-order valence-corrected chi connectivity index (χ4v) is 2.91. The van der Waals surface area contributed by atoms with Crippen LogP contribution in [0, 0.1) is 0 Å². The quantitative estimate of drug-likeness (QED) is 0.311. The topological polar surface area (TPSA) is 75.2 Å². The molecule has 0 aliphatic rings. The smallest absolute Gasteiger partial charge is 0.255 e. The van der Waals surface area contributed by atoms with Crippen LogP contribution in [0.4, 0.5) is 5.82 Å². The third-order valence-electron chi connectivity index (χ3n) is 4.45. The Morgan fingerprint density at radius 2 is 1.89 bits per heavy atom. The van der Waals surface area contributed by atoms with Crippen molar-refractivity contribution in [3.63, 3.8) is 0 Å². The first-order valence-corrected chi connectivity index (χ1v) is 9.66. The lowest BCUT2D eigenvalue weighted by atomic mass is 10.1. The molecular formula is C22H28N4O2. The first kappa shape index (κ1) is 21.3. The van der Waals surface area contributed by atoms with Crippen molar-refractivity contribution in [2.24, 2.45) is 0 Å². The molecule has 0 saturated carbocycles. The number of fused-ring (bicyclic) bond motifs is 1. The monoisotopic (exact) mass is 380 g/mol. The predicted octanol–water partition coefficient (Wildman–Crippen LogP) is 3.57. The first-order chi connectivity index (χ1) is 13.5. The maximum atomic E-state index is 12.4. The van der Waals surface area contributed by atoms with Crippen LogP contribution in [0.25, 0.3) is 10.9 Å². The molecule has 0 spiro atoms. The number of nitrogens with zero attached hydrogens (tertiary/aromatic N) is 3. The van der Waals surface area contributed by atoms with Gasteiger partial charge in [-0.15, -0.1) is 0 Å². The largest absolute Gasteiger partial charge is 0.357 e. The van der Waals surface area contributed by atoms with Gasteiger partial charge in [-0.2, -0.15) is 0 Å². The number of benzene rings is 1. The van der Waals surface area contributed by atoms with Gasteiger partial charge in [-0.05, 0) is 51.0 Å². The van der Waals surface area contributed by atoms with Crippen molar-refractivity contribution < 1.29 is 9.59 Å². The van der Waals surface area contributed by atoms with Crippen molar-refractivity contribution in [3.8, 4) is 0 Å². The Morgan fingerprint density at radius 3 is 2.54 bits per heavy atom. The highest BCUT2D eigenvalue weighted by molar-refractivity contribution is 6.18. The van der Waals surface area contributed by atoms with E-state index in [4.69, 9.17) is 0 Å². The summed E-state index contributed by atoms with van der Waals surface area (Å²) in [5, 5.41) is 3.78. The number of nitrogens with one attached hydrogen (secondary N) is 1. The fourth-order valence-electron chi connectivity index (χ4n) is 2.91. The Hall–Kier alpha value is -3.02. The Bertz CT molecular complexity index is 899. The average Bonchev–Trinajstić information content (AvgIpc) is 2.70. The minimum Gasteiger partial charge on any atom is -0.357 e. The van der Waals surface area contributed by atoms with E-state index in [0.717, 1.165) is 41.8 Å². The summed E-state index contributed by atoms with van der Waals surface area (Å²) in [6.45, 7) is 9.59. The summed E-state index contributed by atoms with van der Waals surface area (Å²) in [7, 11) is 0. The lowest BCUT2D eigenvalue weighted by Gasteiger charge is -2.21. The van der Waals surface area contributed by atoms with Crippen molar-refractivity contribution in [2.75, 3.05) is 18.0 Å². The van der Waals surface area contributed by atoms with Gasteiger partial charge in [0, 0.05) is 25.0 Å². The molecule has 2 aromatic rings. The maximum absolute atomic E-state index is 12.4. The molecule has 6 nitrogen and oxygen atoms in total. The first-order valence-electron chi connectivity index (χ1n) is 9.66. The third-order valence-corrected chi connectivity index (χ3v) is 4.45. The lowest BCUT2D eigenvalue weighted by Crippen LogP contribution is -2.27. The molecule has 0 aliphatic carbocycles. The minimum atomic E-state index is -0.373. The van der Waals surface area contributed by atoms with E-state index in [0.29, 0.717) is 6.54 Å². The molecule has 0 saturated heterocycles. The van der Waals surface area contributed by atoms with Gasteiger partial charge in [0.25, 0.3) is 5.91 Å². The number of carbonyl (C=O) groups is 2. The van der Waals surface area contributed by atoms with E-state index in [1.54, 1.807) is 18.5 Å². The normalized spacial score (nSPS) is 11.8. The molecule has 0 bridgehead atoms. The standard InChI is InChI=1S/C22H28N4O2/c1-5-8-9-10-18(16(4)27)22(28)23-14-17-11-12-20-19(13-17)21(25-15-24-20)26(6-2)7-3/h8-13,15H,5-7,14H2,1-4H3,(H,23,28)/b9-8-,18-10+. The zero-order valence-electron chi connectivity index (χ0n) is 17.0. The van der Waals surface area contributed by atoms with Crippen LogP contribution in [0.5, 0.6) is 0 Å². The van der Waals surface area contributed by atoms with Gasteiger partial charge >= 0.3 is 0 Å². The summed E-state index contributed by atoms with van der Waals surface area (Å²) in [5.41, 5.74) is 1.94. The third kappa shape index (κ3) is 5.25. The van der Waals surface area contributed by atoms with Gasteiger partial charge in [0.1, 0.15) is 12.1 Å². The Kier molecular flexibility index (Phi) is 7.87. The van der Waals surface area contributed by atoms with Crippen molar-refractivity contribution in [1.29, 1.82) is 0 Å². The van der Waals surface area contributed by atoms with E-state index in [1.165, 1.54) is 6.92 Å². The number of rotatable bonds is 9. The summed E-state index contributed by atoms with van der Waals surface area (Å²) in [4.78, 5) is 35.1. The van der Waals surface area contributed by atoms with Crippen LogP contribution >= 0.6 is 0 Å². The molecule has 0 radical (unpaired) electrons. The van der Waals surface area contributed by atoms with Crippen LogP contribution < -0.4 is 10.2 Å². The zero-order chi connectivity index (χ0) is 20.5. The Labute approximate surface area is 166 Å². The van der Waals surface area contributed by atoms with Crippen molar-refractivity contribution >= 4 is 28.4 Å². The molecular weight excluding hydrogens is 352 g/mol. The van der Waals surface area contributed by atoms with E-state index in [2.05, 4.69) is 34.0 Å². The highest BCUT2D eigenvalue weighted by atomic mass is 16.2. The van der Waals surface area contributed by atoms with Gasteiger partial charge in [0.2, 0.25) is 0 Å². The minimum absolute atomic E-state index is 0.151. The molecule has 0 fully saturated rings. The molecule has 148 valence electrons. The van der Waals surface area contributed by atoms with Gasteiger partial charge in [-0.1, -0.05) is 25.1 Å². The van der Waals surface area contributed by atoms with Crippen molar-refractivity contribution in [1.82, 2.24) is 15.3 Å². The summed E-state index contributed by atoms with van der Waals surface area (Å²) in [5.74, 6) is 0.257. The molecule has 1 N–H and O–H groups in total. The summed E-state index contributed by atoms with van der Waals surface area (Å²) < 4.78 is 0. The number of Topliss-reactive ketones (excluding diaryl/α,β-unsaturated/α-hetero) is 1. The fraction of sp³-hybridized carbons (Fsp3) is 0.364. The molecule has 6 heteroatoms. The molecule has 2 rings (SSSR count). The van der Waals surface area contributed by atoms with Crippen molar-refractivity contribution in [2.45, 2.75) is 40.7 Å². The van der Waals surface area contributed by atoms with Crippen LogP contribution in [0.3, 0.4) is 0 Å². The summed E-state index contributed by atoms with van der Waals surface area (Å²) in [6, 6.07) is 5.85. The van der Waals surface area contributed by atoms with Gasteiger partial charge in [0.05, 0.1) is 11.1 Å². The van der Waals surface area contributed by atoms with E-state index >= 15 is 0 Å². The number of carbonyl (C=O) groups excluding carboxylic acids is 2. The highest BCUT2D eigenvalue weighted by Gasteiger charge is 2.14. The van der Waals surface area contributed by atoms with Crippen LogP contribution in [0.2, 0.25) is 0 Å². The molecule has 0 aliphatic heterocycles. The van der Waals surface area contributed by atoms with Gasteiger partial charge < -0.3 is 10.2 Å². The molecule has 28 heavy (non-hydrogen) atoms. The average molecular weight is 380 g/mol.